The van der Waals surface area contributed by atoms with Crippen molar-refractivity contribution in [1.82, 2.24) is 5.32 Å². The van der Waals surface area contributed by atoms with Crippen LogP contribution >= 0.6 is 0 Å². The summed E-state index contributed by atoms with van der Waals surface area (Å²) in [6.07, 6.45) is 2.21. The molecule has 17 heavy (non-hydrogen) atoms. The molecule has 4 heteroatoms. The predicted molar refractivity (Wildman–Crippen MR) is 60.9 cm³/mol. The van der Waals surface area contributed by atoms with Crippen molar-refractivity contribution in [3.8, 4) is 0 Å². The molecule has 0 radical (unpaired) electrons. The van der Waals surface area contributed by atoms with E-state index in [1.807, 2.05) is 0 Å². The van der Waals surface area contributed by atoms with Gasteiger partial charge in [-0.05, 0) is 44.0 Å². The van der Waals surface area contributed by atoms with Crippen molar-refractivity contribution in [3.63, 3.8) is 0 Å². The van der Waals surface area contributed by atoms with Gasteiger partial charge in [0, 0.05) is 18.1 Å². The van der Waals surface area contributed by atoms with Gasteiger partial charge in [0.25, 0.3) is 0 Å². The van der Waals surface area contributed by atoms with Crippen molar-refractivity contribution in [2.45, 2.75) is 19.3 Å². The first kappa shape index (κ1) is 12.2. The van der Waals surface area contributed by atoms with Gasteiger partial charge in [0.15, 0.2) is 5.78 Å². The van der Waals surface area contributed by atoms with Gasteiger partial charge in [-0.2, -0.15) is 0 Å². The minimum atomic E-state index is -0.698. The average molecular weight is 239 g/mol. The number of rotatable bonds is 4. The quantitative estimate of drug-likeness (QED) is 0.818. The first-order valence-corrected chi connectivity index (χ1v) is 5.85. The van der Waals surface area contributed by atoms with Crippen LogP contribution in [-0.4, -0.2) is 18.9 Å². The fraction of sp³-hybridized carbons (Fsp3) is 0.462. The largest absolute Gasteiger partial charge is 0.316 e. The number of carbonyl (C=O) groups is 1. The molecule has 1 aliphatic heterocycles. The molecule has 1 aromatic carbocycles. The van der Waals surface area contributed by atoms with Crippen LogP contribution in [-0.2, 0) is 0 Å². The minimum Gasteiger partial charge on any atom is -0.316 e. The molecule has 1 aliphatic rings. The highest BCUT2D eigenvalue weighted by Gasteiger charge is 2.17. The molecule has 1 aromatic rings. The van der Waals surface area contributed by atoms with Crippen molar-refractivity contribution >= 4 is 5.78 Å². The molecular formula is C13H15F2NO. The smallest absolute Gasteiger partial charge is 0.163 e. The second kappa shape index (κ2) is 5.36. The Balaban J connectivity index is 1.94. The van der Waals surface area contributed by atoms with E-state index in [1.165, 1.54) is 0 Å². The lowest BCUT2D eigenvalue weighted by molar-refractivity contribution is 0.0973. The van der Waals surface area contributed by atoms with Crippen LogP contribution in [0.4, 0.5) is 8.78 Å². The van der Waals surface area contributed by atoms with Crippen LogP contribution in [0.1, 0.15) is 29.6 Å². The zero-order valence-corrected chi connectivity index (χ0v) is 9.51. The summed E-state index contributed by atoms with van der Waals surface area (Å²) in [6, 6.07) is 2.97. The summed E-state index contributed by atoms with van der Waals surface area (Å²) in [5.74, 6) is -1.07. The standard InChI is InChI=1S/C13H15F2NO/c14-11-5-10(6-12(15)7-11)13(17)2-1-9-3-4-16-8-9/h5-7,9,16H,1-4,8H2. The summed E-state index contributed by atoms with van der Waals surface area (Å²) in [5, 5.41) is 3.22. The third kappa shape index (κ3) is 3.33. The Morgan fingerprint density at radius 1 is 1.29 bits per heavy atom. The first-order chi connectivity index (χ1) is 8.15. The highest BCUT2D eigenvalue weighted by molar-refractivity contribution is 5.96. The predicted octanol–water partition coefficient (Wildman–Crippen LogP) is 2.54. The van der Waals surface area contributed by atoms with Crippen LogP contribution in [0.3, 0.4) is 0 Å². The number of ketones is 1. The van der Waals surface area contributed by atoms with Gasteiger partial charge < -0.3 is 5.32 Å². The highest BCUT2D eigenvalue weighted by atomic mass is 19.1. The SMILES string of the molecule is O=C(CCC1CCNC1)c1cc(F)cc(F)c1. The Hall–Kier alpha value is -1.29. The summed E-state index contributed by atoms with van der Waals surface area (Å²) in [6.45, 7) is 1.93. The molecule has 1 heterocycles. The molecule has 1 N–H and O–H groups in total. The lowest BCUT2D eigenvalue weighted by Crippen LogP contribution is -2.10. The number of hydrogen-bond acceptors (Lipinski definition) is 2. The number of hydrogen-bond donors (Lipinski definition) is 1. The number of benzene rings is 1. The van der Waals surface area contributed by atoms with E-state index < -0.39 is 11.6 Å². The molecule has 1 atom stereocenters. The Morgan fingerprint density at radius 3 is 2.59 bits per heavy atom. The Morgan fingerprint density at radius 2 is 2.00 bits per heavy atom. The zero-order chi connectivity index (χ0) is 12.3. The fourth-order valence-electron chi connectivity index (χ4n) is 2.16. The van der Waals surface area contributed by atoms with Crippen LogP contribution < -0.4 is 5.32 Å². The Bertz CT molecular complexity index is 394. The van der Waals surface area contributed by atoms with Crippen LogP contribution in [0.2, 0.25) is 0 Å². The maximum absolute atomic E-state index is 12.9. The number of halogens is 2. The average Bonchev–Trinajstić information content (AvgIpc) is 2.77. The van der Waals surface area contributed by atoms with E-state index in [9.17, 15) is 13.6 Å². The molecule has 2 nitrogen and oxygen atoms in total. The summed E-state index contributed by atoms with van der Waals surface area (Å²) < 4.78 is 25.9. The van der Waals surface area contributed by atoms with Gasteiger partial charge in [-0.15, -0.1) is 0 Å². The lowest BCUT2D eigenvalue weighted by atomic mass is 9.98. The fourth-order valence-corrected chi connectivity index (χ4v) is 2.16. The highest BCUT2D eigenvalue weighted by Crippen LogP contribution is 2.17. The Labute approximate surface area is 99.0 Å². The zero-order valence-electron chi connectivity index (χ0n) is 9.51. The van der Waals surface area contributed by atoms with Crippen molar-refractivity contribution in [1.29, 1.82) is 0 Å². The number of Topliss-reactive ketones (excluding diaryl/α,β-unsaturated/α-hetero) is 1. The monoisotopic (exact) mass is 239 g/mol. The maximum Gasteiger partial charge on any atom is 0.163 e. The van der Waals surface area contributed by atoms with Crippen LogP contribution in [0.25, 0.3) is 0 Å². The summed E-state index contributed by atoms with van der Waals surface area (Å²) in [4.78, 5) is 11.8. The number of carbonyl (C=O) groups excluding carboxylic acids is 1. The second-order valence-corrected chi connectivity index (χ2v) is 4.48. The minimum absolute atomic E-state index is 0.133. The molecule has 0 spiro atoms. The molecule has 0 bridgehead atoms. The molecular weight excluding hydrogens is 224 g/mol. The molecule has 1 fully saturated rings. The summed E-state index contributed by atoms with van der Waals surface area (Å²) >= 11 is 0. The maximum atomic E-state index is 12.9. The number of nitrogens with one attached hydrogen (secondary N) is 1. The third-order valence-corrected chi connectivity index (χ3v) is 3.13. The normalized spacial score (nSPS) is 19.5. The summed E-state index contributed by atoms with van der Waals surface area (Å²) in [5.41, 5.74) is 0.133. The van der Waals surface area contributed by atoms with E-state index >= 15 is 0 Å². The third-order valence-electron chi connectivity index (χ3n) is 3.13. The molecule has 0 amide bonds. The van der Waals surface area contributed by atoms with E-state index in [2.05, 4.69) is 5.32 Å². The molecule has 0 aromatic heterocycles. The second-order valence-electron chi connectivity index (χ2n) is 4.48. The van der Waals surface area contributed by atoms with E-state index in [-0.39, 0.29) is 11.3 Å². The summed E-state index contributed by atoms with van der Waals surface area (Å²) in [7, 11) is 0. The van der Waals surface area contributed by atoms with E-state index in [0.29, 0.717) is 12.3 Å². The van der Waals surface area contributed by atoms with Crippen molar-refractivity contribution in [2.75, 3.05) is 13.1 Å². The van der Waals surface area contributed by atoms with Crippen LogP contribution in [0.15, 0.2) is 18.2 Å². The van der Waals surface area contributed by atoms with Crippen molar-refractivity contribution in [3.05, 3.63) is 35.4 Å². The lowest BCUT2D eigenvalue weighted by Gasteiger charge is -2.07. The van der Waals surface area contributed by atoms with Gasteiger partial charge in [-0.25, -0.2) is 8.78 Å². The molecule has 1 saturated heterocycles. The van der Waals surface area contributed by atoms with Gasteiger partial charge in [-0.3, -0.25) is 4.79 Å². The molecule has 92 valence electrons. The molecule has 0 aliphatic carbocycles. The molecule has 1 unspecified atom stereocenters. The van der Waals surface area contributed by atoms with Gasteiger partial charge in [0.2, 0.25) is 0 Å². The van der Waals surface area contributed by atoms with E-state index in [1.54, 1.807) is 0 Å². The molecule has 0 saturated carbocycles. The van der Waals surface area contributed by atoms with Gasteiger partial charge in [-0.1, -0.05) is 0 Å². The first-order valence-electron chi connectivity index (χ1n) is 5.85. The topological polar surface area (TPSA) is 29.1 Å². The van der Waals surface area contributed by atoms with Crippen molar-refractivity contribution < 1.29 is 13.6 Å². The van der Waals surface area contributed by atoms with Gasteiger partial charge in [0.05, 0.1) is 0 Å². The van der Waals surface area contributed by atoms with Crippen LogP contribution in [0.5, 0.6) is 0 Å². The molecule has 2 rings (SSSR count). The van der Waals surface area contributed by atoms with E-state index in [4.69, 9.17) is 0 Å². The Kier molecular flexibility index (Phi) is 3.84. The van der Waals surface area contributed by atoms with Crippen molar-refractivity contribution in [2.24, 2.45) is 5.92 Å². The van der Waals surface area contributed by atoms with Crippen LogP contribution in [0, 0.1) is 17.6 Å². The van der Waals surface area contributed by atoms with Gasteiger partial charge >= 0.3 is 0 Å². The van der Waals surface area contributed by atoms with E-state index in [0.717, 1.165) is 44.1 Å². The van der Waals surface area contributed by atoms with Gasteiger partial charge in [0.1, 0.15) is 11.6 Å².